The van der Waals surface area contributed by atoms with Gasteiger partial charge in [-0.3, -0.25) is 4.79 Å². The quantitative estimate of drug-likeness (QED) is 0.353. The highest BCUT2D eigenvalue weighted by Gasteiger charge is 2.15. The first-order valence-corrected chi connectivity index (χ1v) is 10.1. The number of ether oxygens (including phenoxy) is 2. The number of nitrogens with zero attached hydrogens (tertiary/aromatic N) is 1. The summed E-state index contributed by atoms with van der Waals surface area (Å²) in [5, 5.41) is 21.7. The molecule has 0 unspecified atom stereocenters. The summed E-state index contributed by atoms with van der Waals surface area (Å²) in [6.45, 7) is 0.123. The van der Waals surface area contributed by atoms with E-state index in [0.717, 1.165) is 5.56 Å². The van der Waals surface area contributed by atoms with Crippen LogP contribution in [0.15, 0.2) is 72.3 Å². The van der Waals surface area contributed by atoms with Crippen LogP contribution in [0.5, 0.6) is 11.5 Å². The predicted octanol–water partition coefficient (Wildman–Crippen LogP) is 5.17. The van der Waals surface area contributed by atoms with Gasteiger partial charge in [-0.2, -0.15) is 5.26 Å². The molecule has 0 aliphatic heterocycles. The van der Waals surface area contributed by atoms with E-state index in [2.05, 4.69) is 5.32 Å². The van der Waals surface area contributed by atoms with Crippen LogP contribution in [-0.4, -0.2) is 24.1 Å². The van der Waals surface area contributed by atoms with Crippen LogP contribution in [0.25, 0.3) is 6.08 Å². The van der Waals surface area contributed by atoms with E-state index < -0.39 is 11.9 Å². The van der Waals surface area contributed by atoms with Crippen molar-refractivity contribution in [1.29, 1.82) is 5.26 Å². The number of halogens is 1. The van der Waals surface area contributed by atoms with E-state index in [9.17, 15) is 14.9 Å². The maximum Gasteiger partial charge on any atom is 0.335 e. The third-order valence-corrected chi connectivity index (χ3v) is 4.80. The van der Waals surface area contributed by atoms with Crippen molar-refractivity contribution in [3.63, 3.8) is 0 Å². The minimum atomic E-state index is -1.01. The molecule has 0 spiro atoms. The third kappa shape index (κ3) is 6.12. The van der Waals surface area contributed by atoms with Gasteiger partial charge in [0.05, 0.1) is 12.7 Å². The normalized spacial score (nSPS) is 10.8. The van der Waals surface area contributed by atoms with E-state index in [4.69, 9.17) is 26.2 Å². The summed E-state index contributed by atoms with van der Waals surface area (Å²) < 4.78 is 11.3. The molecule has 0 saturated carbocycles. The smallest absolute Gasteiger partial charge is 0.335 e. The highest BCUT2D eigenvalue weighted by molar-refractivity contribution is 6.31. The highest BCUT2D eigenvalue weighted by atomic mass is 35.5. The molecule has 3 rings (SSSR count). The number of anilines is 1. The van der Waals surface area contributed by atoms with Crippen LogP contribution in [0, 0.1) is 11.3 Å². The molecule has 0 bridgehead atoms. The molecule has 3 aromatic rings. The van der Waals surface area contributed by atoms with Crippen molar-refractivity contribution in [2.45, 2.75) is 6.61 Å². The molecule has 1 amide bonds. The fourth-order valence-electron chi connectivity index (χ4n) is 2.93. The molecule has 3 aromatic carbocycles. The molecule has 8 heteroatoms. The van der Waals surface area contributed by atoms with E-state index in [1.807, 2.05) is 6.07 Å². The second-order valence-corrected chi connectivity index (χ2v) is 7.24. The van der Waals surface area contributed by atoms with Crippen LogP contribution in [0.3, 0.4) is 0 Å². The second kappa shape index (κ2) is 10.8. The number of para-hydroxylation sites is 1. The molecule has 0 aromatic heterocycles. The Morgan fingerprint density at radius 3 is 2.48 bits per heavy atom. The number of hydrogen-bond donors (Lipinski definition) is 2. The van der Waals surface area contributed by atoms with Gasteiger partial charge in [-0.1, -0.05) is 41.9 Å². The van der Waals surface area contributed by atoms with Gasteiger partial charge >= 0.3 is 5.97 Å². The molecule has 0 atom stereocenters. The van der Waals surface area contributed by atoms with Crippen LogP contribution >= 0.6 is 11.6 Å². The molecule has 0 aliphatic rings. The second-order valence-electron chi connectivity index (χ2n) is 6.80. The lowest BCUT2D eigenvalue weighted by molar-refractivity contribution is -0.112. The fraction of sp³-hybridized carbons (Fsp3) is 0.0800. The number of carboxylic acid groups (broad SMARTS) is 1. The van der Waals surface area contributed by atoms with E-state index >= 15 is 0 Å². The first kappa shape index (κ1) is 23.4. The van der Waals surface area contributed by atoms with Gasteiger partial charge in [-0.15, -0.1) is 0 Å². The molecule has 166 valence electrons. The van der Waals surface area contributed by atoms with Gasteiger partial charge in [-0.05, 0) is 48.0 Å². The first-order chi connectivity index (χ1) is 15.9. The van der Waals surface area contributed by atoms with Gasteiger partial charge in [-0.25, -0.2) is 4.79 Å². The SMILES string of the molecule is COc1cccc(/C=C(/C#N)C(=O)Nc2cccc(Cl)c2)c1OCc1ccc(C(=O)O)cc1. The molecule has 0 fully saturated rings. The summed E-state index contributed by atoms with van der Waals surface area (Å²) in [4.78, 5) is 23.6. The lowest BCUT2D eigenvalue weighted by atomic mass is 10.1. The predicted molar refractivity (Wildman–Crippen MR) is 124 cm³/mol. The van der Waals surface area contributed by atoms with Gasteiger partial charge < -0.3 is 19.9 Å². The number of nitrogens with one attached hydrogen (secondary N) is 1. The minimum absolute atomic E-state index is 0.123. The zero-order valence-electron chi connectivity index (χ0n) is 17.5. The van der Waals surface area contributed by atoms with Crippen molar-refractivity contribution in [3.8, 4) is 17.6 Å². The van der Waals surface area contributed by atoms with Crippen molar-refractivity contribution in [1.82, 2.24) is 0 Å². The van der Waals surface area contributed by atoms with E-state index in [0.29, 0.717) is 27.8 Å². The Hall–Kier alpha value is -4.28. The van der Waals surface area contributed by atoms with Crippen molar-refractivity contribution in [3.05, 3.63) is 94.0 Å². The number of rotatable bonds is 8. The van der Waals surface area contributed by atoms with E-state index in [1.165, 1.54) is 25.3 Å². The number of aromatic carboxylic acids is 1. The summed E-state index contributed by atoms with van der Waals surface area (Å²) in [7, 11) is 1.48. The lowest BCUT2D eigenvalue weighted by Crippen LogP contribution is -2.13. The highest BCUT2D eigenvalue weighted by Crippen LogP contribution is 2.33. The maximum absolute atomic E-state index is 12.6. The Bertz CT molecular complexity index is 1250. The maximum atomic E-state index is 12.6. The molecule has 0 heterocycles. The Labute approximate surface area is 195 Å². The number of hydrogen-bond acceptors (Lipinski definition) is 5. The number of methoxy groups -OCH3 is 1. The number of benzene rings is 3. The summed E-state index contributed by atoms with van der Waals surface area (Å²) in [5.41, 5.74) is 1.69. The summed E-state index contributed by atoms with van der Waals surface area (Å²) in [6, 6.07) is 19.9. The van der Waals surface area contributed by atoms with Gasteiger partial charge in [0.25, 0.3) is 5.91 Å². The van der Waals surface area contributed by atoms with Crippen LogP contribution in [-0.2, 0) is 11.4 Å². The number of carboxylic acids is 1. The molecule has 7 nitrogen and oxygen atoms in total. The Kier molecular flexibility index (Phi) is 7.68. The van der Waals surface area contributed by atoms with Gasteiger partial charge in [0.1, 0.15) is 18.2 Å². The van der Waals surface area contributed by atoms with E-state index in [-0.39, 0.29) is 17.7 Å². The number of carbonyl (C=O) groups is 2. The average Bonchev–Trinajstić information content (AvgIpc) is 2.81. The lowest BCUT2D eigenvalue weighted by Gasteiger charge is -2.14. The van der Waals surface area contributed by atoms with Gasteiger partial charge in [0.15, 0.2) is 11.5 Å². The summed E-state index contributed by atoms with van der Waals surface area (Å²) >= 11 is 5.94. The zero-order valence-corrected chi connectivity index (χ0v) is 18.3. The standard InChI is InChI=1S/C25H19ClN2O5/c1-32-22-7-2-4-18(23(22)33-15-16-8-10-17(11-9-16)25(30)31)12-19(14-27)24(29)28-21-6-3-5-20(26)13-21/h2-13H,15H2,1H3,(H,28,29)(H,30,31)/b19-12-. The molecule has 2 N–H and O–H groups in total. The molecular formula is C25H19ClN2O5. The Morgan fingerprint density at radius 1 is 1.12 bits per heavy atom. The van der Waals surface area contributed by atoms with Crippen LogP contribution < -0.4 is 14.8 Å². The largest absolute Gasteiger partial charge is 0.493 e. The number of nitriles is 1. The summed E-state index contributed by atoms with van der Waals surface area (Å²) in [6.07, 6.45) is 1.41. The monoisotopic (exact) mass is 462 g/mol. The molecular weight excluding hydrogens is 444 g/mol. The Morgan fingerprint density at radius 2 is 1.85 bits per heavy atom. The molecule has 0 saturated heterocycles. The van der Waals surface area contributed by atoms with Crippen molar-refractivity contribution in [2.75, 3.05) is 12.4 Å². The van der Waals surface area contributed by atoms with Gasteiger partial charge in [0, 0.05) is 16.3 Å². The zero-order chi connectivity index (χ0) is 23.8. The Balaban J connectivity index is 1.85. The average molecular weight is 463 g/mol. The van der Waals surface area contributed by atoms with Gasteiger partial charge in [0.2, 0.25) is 0 Å². The molecule has 33 heavy (non-hydrogen) atoms. The van der Waals surface area contributed by atoms with Crippen LogP contribution in [0.4, 0.5) is 5.69 Å². The minimum Gasteiger partial charge on any atom is -0.493 e. The topological polar surface area (TPSA) is 109 Å². The molecule has 0 aliphatic carbocycles. The first-order valence-electron chi connectivity index (χ1n) is 9.72. The third-order valence-electron chi connectivity index (χ3n) is 4.56. The number of amides is 1. The fourth-order valence-corrected chi connectivity index (χ4v) is 3.12. The molecule has 0 radical (unpaired) electrons. The van der Waals surface area contributed by atoms with Crippen molar-refractivity contribution < 1.29 is 24.2 Å². The number of carbonyl (C=O) groups excluding carboxylic acids is 1. The van der Waals surface area contributed by atoms with Crippen LogP contribution in [0.2, 0.25) is 5.02 Å². The van der Waals surface area contributed by atoms with E-state index in [1.54, 1.807) is 54.6 Å². The summed E-state index contributed by atoms with van der Waals surface area (Å²) in [5.74, 6) is -0.860. The van der Waals surface area contributed by atoms with Crippen LogP contribution in [0.1, 0.15) is 21.5 Å². The van der Waals surface area contributed by atoms with Crippen molar-refractivity contribution in [2.24, 2.45) is 0 Å². The van der Waals surface area contributed by atoms with Crippen molar-refractivity contribution >= 4 is 35.2 Å².